The molecule has 0 N–H and O–H groups in total. The average Bonchev–Trinajstić information content (AvgIpc) is 2.03. The summed E-state index contributed by atoms with van der Waals surface area (Å²) < 4.78 is 0. The third-order valence-electron chi connectivity index (χ3n) is 1.49. The van der Waals surface area contributed by atoms with Crippen LogP contribution >= 0.6 is 0 Å². The first-order chi connectivity index (χ1) is 6.11. The molecule has 1 aromatic carbocycles. The molecule has 4 heteroatoms. The van der Waals surface area contributed by atoms with E-state index in [1.54, 1.807) is 0 Å². The second-order valence-corrected chi connectivity index (χ2v) is 2.47. The Balaban J connectivity index is 2.89. The standard InChI is InChI=1S/C9H8O4/c10-7-4-2-1-3-6(7)8(11)5-9(12)13/h1-4,10H,5H2,(H,12,13)/p-2. The maximum absolute atomic E-state index is 11.1. The van der Waals surface area contributed by atoms with E-state index in [1.807, 2.05) is 0 Å². The zero-order chi connectivity index (χ0) is 9.84. The highest BCUT2D eigenvalue weighted by atomic mass is 16.4. The van der Waals surface area contributed by atoms with Gasteiger partial charge in [-0.2, -0.15) is 0 Å². The van der Waals surface area contributed by atoms with Crippen molar-refractivity contribution in [2.24, 2.45) is 0 Å². The van der Waals surface area contributed by atoms with Gasteiger partial charge in [-0.1, -0.05) is 30.0 Å². The number of benzene rings is 1. The molecular formula is C9H6O4-2. The van der Waals surface area contributed by atoms with Gasteiger partial charge in [0.1, 0.15) is 0 Å². The van der Waals surface area contributed by atoms with Crippen molar-refractivity contribution in [1.82, 2.24) is 0 Å². The van der Waals surface area contributed by atoms with Crippen LogP contribution in [0.4, 0.5) is 0 Å². The van der Waals surface area contributed by atoms with E-state index in [4.69, 9.17) is 0 Å². The molecule has 0 unspecified atom stereocenters. The summed E-state index contributed by atoms with van der Waals surface area (Å²) in [5.74, 6) is -2.66. The highest BCUT2D eigenvalue weighted by Gasteiger charge is 2.05. The van der Waals surface area contributed by atoms with Crippen molar-refractivity contribution >= 4 is 11.8 Å². The zero-order valence-electron chi connectivity index (χ0n) is 6.65. The molecule has 0 aromatic heterocycles. The van der Waals surface area contributed by atoms with E-state index in [0.29, 0.717) is 0 Å². The van der Waals surface area contributed by atoms with Gasteiger partial charge in [0.25, 0.3) is 0 Å². The Kier molecular flexibility index (Phi) is 2.64. The van der Waals surface area contributed by atoms with E-state index in [2.05, 4.69) is 0 Å². The van der Waals surface area contributed by atoms with E-state index in [9.17, 15) is 19.8 Å². The third kappa shape index (κ3) is 2.30. The van der Waals surface area contributed by atoms with Gasteiger partial charge in [-0.15, -0.1) is 0 Å². The molecular weight excluding hydrogens is 172 g/mol. The lowest BCUT2D eigenvalue weighted by molar-refractivity contribution is -0.304. The molecule has 13 heavy (non-hydrogen) atoms. The van der Waals surface area contributed by atoms with E-state index in [1.165, 1.54) is 24.3 Å². The van der Waals surface area contributed by atoms with Crippen LogP contribution in [0, 0.1) is 0 Å². The number of carbonyl (C=O) groups excluding carboxylic acids is 2. The lowest BCUT2D eigenvalue weighted by Crippen LogP contribution is -2.25. The Labute approximate surface area is 74.4 Å². The summed E-state index contributed by atoms with van der Waals surface area (Å²) in [6.07, 6.45) is -0.751. The predicted molar refractivity (Wildman–Crippen MR) is 39.8 cm³/mol. The number of hydrogen-bond acceptors (Lipinski definition) is 4. The van der Waals surface area contributed by atoms with Gasteiger partial charge in [-0.05, 0) is 0 Å². The van der Waals surface area contributed by atoms with Crippen molar-refractivity contribution in [2.75, 3.05) is 0 Å². The van der Waals surface area contributed by atoms with Crippen LogP contribution in [0.2, 0.25) is 0 Å². The van der Waals surface area contributed by atoms with Crippen molar-refractivity contribution in [3.63, 3.8) is 0 Å². The summed E-state index contributed by atoms with van der Waals surface area (Å²) in [4.78, 5) is 21.1. The number of para-hydroxylation sites is 1. The highest BCUT2D eigenvalue weighted by Crippen LogP contribution is 2.13. The summed E-state index contributed by atoms with van der Waals surface area (Å²) in [6.45, 7) is 0. The van der Waals surface area contributed by atoms with Gasteiger partial charge in [-0.3, -0.25) is 4.79 Å². The minimum Gasteiger partial charge on any atom is -0.872 e. The quantitative estimate of drug-likeness (QED) is 0.443. The number of aliphatic carboxylic acids is 1. The normalized spacial score (nSPS) is 9.54. The second-order valence-electron chi connectivity index (χ2n) is 2.47. The van der Waals surface area contributed by atoms with Gasteiger partial charge in [0.2, 0.25) is 0 Å². The number of ketones is 1. The fourth-order valence-corrected chi connectivity index (χ4v) is 0.923. The monoisotopic (exact) mass is 178 g/mol. The molecule has 1 aromatic rings. The van der Waals surface area contributed by atoms with E-state index in [0.717, 1.165) is 0 Å². The molecule has 0 saturated heterocycles. The number of carboxylic acid groups (broad SMARTS) is 1. The van der Waals surface area contributed by atoms with Crippen molar-refractivity contribution in [1.29, 1.82) is 0 Å². The van der Waals surface area contributed by atoms with Crippen LogP contribution in [0.25, 0.3) is 0 Å². The van der Waals surface area contributed by atoms with E-state index in [-0.39, 0.29) is 5.56 Å². The molecule has 0 saturated carbocycles. The Hall–Kier alpha value is -1.84. The Morgan fingerprint density at radius 2 is 1.85 bits per heavy atom. The first-order valence-electron chi connectivity index (χ1n) is 3.60. The molecule has 0 aliphatic carbocycles. The van der Waals surface area contributed by atoms with Crippen LogP contribution in [-0.2, 0) is 4.79 Å². The number of Topliss-reactive ketones (excluding diaryl/α,β-unsaturated/α-hetero) is 1. The van der Waals surface area contributed by atoms with Gasteiger partial charge < -0.3 is 15.0 Å². The van der Waals surface area contributed by atoms with Crippen molar-refractivity contribution in [2.45, 2.75) is 6.42 Å². The molecule has 0 fully saturated rings. The first kappa shape index (κ1) is 9.25. The zero-order valence-corrected chi connectivity index (χ0v) is 6.65. The fraction of sp³-hybridized carbons (Fsp3) is 0.111. The number of rotatable bonds is 3. The van der Waals surface area contributed by atoms with Crippen LogP contribution in [0.5, 0.6) is 5.75 Å². The van der Waals surface area contributed by atoms with Crippen molar-refractivity contribution < 1.29 is 19.8 Å². The highest BCUT2D eigenvalue weighted by molar-refractivity contribution is 6.06. The lowest BCUT2D eigenvalue weighted by Gasteiger charge is -2.11. The van der Waals surface area contributed by atoms with Crippen molar-refractivity contribution in [3.8, 4) is 5.75 Å². The van der Waals surface area contributed by atoms with E-state index >= 15 is 0 Å². The SMILES string of the molecule is O=C([O-])CC(=O)c1ccccc1[O-]. The van der Waals surface area contributed by atoms with Crippen LogP contribution in [0.1, 0.15) is 16.8 Å². The first-order valence-corrected chi connectivity index (χ1v) is 3.60. The van der Waals surface area contributed by atoms with Gasteiger partial charge in [0.05, 0.1) is 6.42 Å². The predicted octanol–water partition coefficient (Wildman–Crippen LogP) is -0.917. The maximum atomic E-state index is 11.1. The molecule has 0 bridgehead atoms. The molecule has 0 aliphatic heterocycles. The molecule has 1 rings (SSSR count). The number of hydrogen-bond donors (Lipinski definition) is 0. The minimum absolute atomic E-state index is 0.105. The Morgan fingerprint density at radius 3 is 2.38 bits per heavy atom. The largest absolute Gasteiger partial charge is 0.872 e. The smallest absolute Gasteiger partial charge is 0.167 e. The molecule has 0 amide bonds. The Bertz CT molecular complexity index is 343. The Morgan fingerprint density at radius 1 is 1.23 bits per heavy atom. The molecule has 0 spiro atoms. The van der Waals surface area contributed by atoms with Crippen molar-refractivity contribution in [3.05, 3.63) is 29.8 Å². The van der Waals surface area contributed by atoms with Gasteiger partial charge in [0, 0.05) is 11.5 Å². The average molecular weight is 178 g/mol. The molecule has 0 atom stereocenters. The summed E-state index contributed by atoms with van der Waals surface area (Å²) in [5.41, 5.74) is -0.105. The molecule has 4 nitrogen and oxygen atoms in total. The van der Waals surface area contributed by atoms with Crippen LogP contribution in [0.15, 0.2) is 24.3 Å². The summed E-state index contributed by atoms with van der Waals surface area (Å²) in [6, 6.07) is 5.50. The lowest BCUT2D eigenvalue weighted by atomic mass is 10.1. The van der Waals surface area contributed by atoms with Gasteiger partial charge in [0.15, 0.2) is 5.78 Å². The summed E-state index contributed by atoms with van der Waals surface area (Å²) in [7, 11) is 0. The third-order valence-corrected chi connectivity index (χ3v) is 1.49. The van der Waals surface area contributed by atoms with Gasteiger partial charge >= 0.3 is 0 Å². The van der Waals surface area contributed by atoms with Crippen LogP contribution in [0.3, 0.4) is 0 Å². The molecule has 0 aliphatic rings. The molecule has 68 valence electrons. The minimum atomic E-state index is -1.48. The summed E-state index contributed by atoms with van der Waals surface area (Å²) in [5, 5.41) is 21.1. The maximum Gasteiger partial charge on any atom is 0.167 e. The van der Waals surface area contributed by atoms with Crippen LogP contribution in [-0.4, -0.2) is 11.8 Å². The summed E-state index contributed by atoms with van der Waals surface area (Å²) >= 11 is 0. The number of carboxylic acids is 1. The number of carbonyl (C=O) groups is 2. The molecule has 0 radical (unpaired) electrons. The second kappa shape index (κ2) is 3.71. The van der Waals surface area contributed by atoms with E-state index < -0.39 is 23.9 Å². The fourth-order valence-electron chi connectivity index (χ4n) is 0.923. The topological polar surface area (TPSA) is 80.3 Å². The molecule has 0 heterocycles. The van der Waals surface area contributed by atoms with Crippen LogP contribution < -0.4 is 10.2 Å². The van der Waals surface area contributed by atoms with Gasteiger partial charge in [-0.25, -0.2) is 0 Å².